The Morgan fingerprint density at radius 2 is 1.90 bits per heavy atom. The molecule has 2 rings (SSSR count). The van der Waals surface area contributed by atoms with E-state index in [9.17, 15) is 4.79 Å². The molecule has 3 heteroatoms. The summed E-state index contributed by atoms with van der Waals surface area (Å²) in [5, 5.41) is 0. The summed E-state index contributed by atoms with van der Waals surface area (Å²) in [5.74, 6) is 0.532. The van der Waals surface area contributed by atoms with Gasteiger partial charge in [0.15, 0.2) is 0 Å². The van der Waals surface area contributed by atoms with Gasteiger partial charge in [-0.3, -0.25) is 0 Å². The third kappa shape index (κ3) is 4.48. The SMILES string of the molecule is CCC(=NC(=O)OCC1CCCCC1)c1ccccc1. The predicted molar refractivity (Wildman–Crippen MR) is 81.2 cm³/mol. The number of hydrogen-bond donors (Lipinski definition) is 0. The van der Waals surface area contributed by atoms with E-state index in [0.717, 1.165) is 17.7 Å². The molecule has 0 aliphatic heterocycles. The van der Waals surface area contributed by atoms with Gasteiger partial charge in [-0.25, -0.2) is 4.79 Å². The highest BCUT2D eigenvalue weighted by Gasteiger charge is 2.15. The van der Waals surface area contributed by atoms with E-state index >= 15 is 0 Å². The minimum atomic E-state index is -0.448. The number of hydrogen-bond acceptors (Lipinski definition) is 2. The van der Waals surface area contributed by atoms with Gasteiger partial charge in [0.1, 0.15) is 0 Å². The maximum atomic E-state index is 11.8. The van der Waals surface area contributed by atoms with E-state index in [1.807, 2.05) is 37.3 Å². The first-order valence-corrected chi connectivity index (χ1v) is 7.59. The molecule has 0 atom stereocenters. The summed E-state index contributed by atoms with van der Waals surface area (Å²) in [6, 6.07) is 9.80. The smallest absolute Gasteiger partial charge is 0.433 e. The van der Waals surface area contributed by atoms with Crippen molar-refractivity contribution in [1.82, 2.24) is 0 Å². The third-order valence-electron chi connectivity index (χ3n) is 3.84. The Morgan fingerprint density at radius 1 is 1.20 bits per heavy atom. The topological polar surface area (TPSA) is 38.7 Å². The fraction of sp³-hybridized carbons (Fsp3) is 0.529. The van der Waals surface area contributed by atoms with Gasteiger partial charge in [0.25, 0.3) is 0 Å². The van der Waals surface area contributed by atoms with Crippen LogP contribution in [0.1, 0.15) is 51.0 Å². The molecule has 108 valence electrons. The van der Waals surface area contributed by atoms with Crippen LogP contribution in [0.15, 0.2) is 35.3 Å². The molecule has 3 nitrogen and oxygen atoms in total. The fourth-order valence-corrected chi connectivity index (χ4v) is 2.66. The van der Waals surface area contributed by atoms with E-state index in [2.05, 4.69) is 4.99 Å². The highest BCUT2D eigenvalue weighted by atomic mass is 16.5. The van der Waals surface area contributed by atoms with Crippen LogP contribution in [0.2, 0.25) is 0 Å². The molecule has 1 fully saturated rings. The van der Waals surface area contributed by atoms with E-state index in [4.69, 9.17) is 4.74 Å². The summed E-state index contributed by atoms with van der Waals surface area (Å²) in [4.78, 5) is 15.9. The van der Waals surface area contributed by atoms with Crippen molar-refractivity contribution in [2.75, 3.05) is 6.61 Å². The van der Waals surface area contributed by atoms with Crippen molar-refractivity contribution in [1.29, 1.82) is 0 Å². The van der Waals surface area contributed by atoms with E-state index in [1.165, 1.54) is 32.1 Å². The lowest BCUT2D eigenvalue weighted by Crippen LogP contribution is -2.16. The maximum absolute atomic E-state index is 11.8. The number of benzene rings is 1. The van der Waals surface area contributed by atoms with Gasteiger partial charge < -0.3 is 4.74 Å². The van der Waals surface area contributed by atoms with Gasteiger partial charge in [-0.05, 0) is 30.7 Å². The first-order chi connectivity index (χ1) is 9.79. The van der Waals surface area contributed by atoms with E-state index in [1.54, 1.807) is 0 Å². The summed E-state index contributed by atoms with van der Waals surface area (Å²) in [7, 11) is 0. The largest absolute Gasteiger partial charge is 0.448 e. The first kappa shape index (κ1) is 14.8. The van der Waals surface area contributed by atoms with Crippen LogP contribution in [0.5, 0.6) is 0 Å². The second kappa shape index (κ2) is 7.83. The second-order valence-corrected chi connectivity index (χ2v) is 5.36. The van der Waals surface area contributed by atoms with E-state index in [-0.39, 0.29) is 0 Å². The predicted octanol–water partition coefficient (Wildman–Crippen LogP) is 4.60. The second-order valence-electron chi connectivity index (χ2n) is 5.36. The molecular formula is C17H23NO2. The molecule has 0 saturated heterocycles. The lowest BCUT2D eigenvalue weighted by molar-refractivity contribution is 0.125. The highest BCUT2D eigenvalue weighted by molar-refractivity contribution is 6.05. The van der Waals surface area contributed by atoms with Crippen molar-refractivity contribution >= 4 is 11.8 Å². The van der Waals surface area contributed by atoms with Crippen molar-refractivity contribution in [3.05, 3.63) is 35.9 Å². The molecule has 0 N–H and O–H groups in total. The molecule has 1 aromatic rings. The molecule has 0 aromatic heterocycles. The van der Waals surface area contributed by atoms with Gasteiger partial charge in [0.2, 0.25) is 0 Å². The quantitative estimate of drug-likeness (QED) is 0.752. The molecule has 0 bridgehead atoms. The zero-order valence-corrected chi connectivity index (χ0v) is 12.2. The molecule has 0 unspecified atom stereocenters. The molecule has 0 spiro atoms. The Bertz CT molecular complexity index is 447. The Labute approximate surface area is 121 Å². The first-order valence-electron chi connectivity index (χ1n) is 7.59. The molecular weight excluding hydrogens is 250 g/mol. The van der Waals surface area contributed by atoms with Crippen LogP contribution in [0.3, 0.4) is 0 Å². The number of rotatable bonds is 4. The number of nitrogens with zero attached hydrogens (tertiary/aromatic N) is 1. The molecule has 1 amide bonds. The van der Waals surface area contributed by atoms with Gasteiger partial charge in [0.05, 0.1) is 12.3 Å². The summed E-state index contributed by atoms with van der Waals surface area (Å²) in [5.41, 5.74) is 1.78. The normalized spacial score (nSPS) is 16.9. The van der Waals surface area contributed by atoms with Crippen LogP contribution >= 0.6 is 0 Å². The summed E-state index contributed by atoms with van der Waals surface area (Å²) in [6.45, 7) is 2.52. The minimum absolute atomic E-state index is 0.448. The number of carbonyl (C=O) groups is 1. The highest BCUT2D eigenvalue weighted by Crippen LogP contribution is 2.23. The average Bonchev–Trinajstić information content (AvgIpc) is 2.52. The average molecular weight is 273 g/mol. The molecule has 1 aliphatic carbocycles. The Balaban J connectivity index is 1.89. The number of ether oxygens (including phenoxy) is 1. The molecule has 0 radical (unpaired) electrons. The van der Waals surface area contributed by atoms with Gasteiger partial charge >= 0.3 is 6.09 Å². The zero-order valence-electron chi connectivity index (χ0n) is 12.2. The van der Waals surface area contributed by atoms with Crippen LogP contribution in [0.4, 0.5) is 4.79 Å². The van der Waals surface area contributed by atoms with Crippen molar-refractivity contribution in [2.45, 2.75) is 45.4 Å². The fourth-order valence-electron chi connectivity index (χ4n) is 2.66. The van der Waals surface area contributed by atoms with Crippen LogP contribution in [0, 0.1) is 5.92 Å². The Hall–Kier alpha value is -1.64. The molecule has 20 heavy (non-hydrogen) atoms. The molecule has 0 heterocycles. The van der Waals surface area contributed by atoms with E-state index in [0.29, 0.717) is 12.5 Å². The van der Waals surface area contributed by atoms with E-state index < -0.39 is 6.09 Å². The number of aliphatic imine (C=N–C) groups is 1. The Kier molecular flexibility index (Phi) is 5.78. The summed E-state index contributed by atoms with van der Waals surface area (Å²) in [6.07, 6.45) is 6.47. The minimum Gasteiger partial charge on any atom is -0.448 e. The van der Waals surface area contributed by atoms with Crippen LogP contribution < -0.4 is 0 Å². The third-order valence-corrected chi connectivity index (χ3v) is 3.84. The maximum Gasteiger partial charge on any atom is 0.433 e. The van der Waals surface area contributed by atoms with Crippen molar-refractivity contribution in [3.63, 3.8) is 0 Å². The number of amides is 1. The molecule has 1 saturated carbocycles. The van der Waals surface area contributed by atoms with Crippen molar-refractivity contribution in [2.24, 2.45) is 10.9 Å². The number of carbonyl (C=O) groups excluding carboxylic acids is 1. The lowest BCUT2D eigenvalue weighted by atomic mass is 9.90. The van der Waals surface area contributed by atoms with Crippen LogP contribution in [-0.4, -0.2) is 18.4 Å². The van der Waals surface area contributed by atoms with Gasteiger partial charge in [-0.15, -0.1) is 0 Å². The molecule has 1 aromatic carbocycles. The standard InChI is InChI=1S/C17H23NO2/c1-2-16(15-11-7-4-8-12-15)18-17(19)20-13-14-9-5-3-6-10-14/h4,7-8,11-12,14H,2-3,5-6,9-10,13H2,1H3. The van der Waals surface area contributed by atoms with Gasteiger partial charge in [-0.2, -0.15) is 4.99 Å². The van der Waals surface area contributed by atoms with Gasteiger partial charge in [-0.1, -0.05) is 56.5 Å². The Morgan fingerprint density at radius 3 is 2.55 bits per heavy atom. The van der Waals surface area contributed by atoms with Crippen LogP contribution in [0.25, 0.3) is 0 Å². The van der Waals surface area contributed by atoms with Crippen molar-refractivity contribution in [3.8, 4) is 0 Å². The van der Waals surface area contributed by atoms with Gasteiger partial charge in [0, 0.05) is 0 Å². The zero-order chi connectivity index (χ0) is 14.2. The molecule has 1 aliphatic rings. The summed E-state index contributed by atoms with van der Waals surface area (Å²) >= 11 is 0. The van der Waals surface area contributed by atoms with Crippen LogP contribution in [-0.2, 0) is 4.74 Å². The summed E-state index contributed by atoms with van der Waals surface area (Å²) < 4.78 is 5.31. The van der Waals surface area contributed by atoms with Crippen molar-refractivity contribution < 1.29 is 9.53 Å². The lowest BCUT2D eigenvalue weighted by Gasteiger charge is -2.20. The monoisotopic (exact) mass is 273 g/mol.